The normalized spacial score (nSPS) is 11.3. The number of pyridine rings is 2. The van der Waals surface area contributed by atoms with Crippen molar-refractivity contribution in [1.82, 2.24) is 19.5 Å². The minimum Gasteiger partial charge on any atom is -0.501 e. The van der Waals surface area contributed by atoms with Gasteiger partial charge in [0.15, 0.2) is 0 Å². The van der Waals surface area contributed by atoms with Gasteiger partial charge in [0.1, 0.15) is 5.58 Å². The quantitative estimate of drug-likeness (QED) is 0.168. The van der Waals surface area contributed by atoms with E-state index in [9.17, 15) is 0 Å². The first-order valence-corrected chi connectivity index (χ1v) is 14.6. The van der Waals surface area contributed by atoms with Gasteiger partial charge in [-0.05, 0) is 36.0 Å². The molecule has 45 heavy (non-hydrogen) atoms. The van der Waals surface area contributed by atoms with Crippen molar-refractivity contribution in [3.8, 4) is 28.3 Å². The first kappa shape index (κ1) is 30.1. The molecule has 0 bridgehead atoms. The van der Waals surface area contributed by atoms with Crippen LogP contribution in [0, 0.1) is 12.1 Å². The van der Waals surface area contributed by atoms with E-state index in [4.69, 9.17) is 14.4 Å². The summed E-state index contributed by atoms with van der Waals surface area (Å²) in [5.74, 6) is 0.795. The molecule has 0 amide bonds. The fourth-order valence-electron chi connectivity index (χ4n) is 5.33. The third-order valence-corrected chi connectivity index (χ3v) is 7.54. The first-order chi connectivity index (χ1) is 21.5. The summed E-state index contributed by atoms with van der Waals surface area (Å²) in [6.07, 6.45) is 3.72. The van der Waals surface area contributed by atoms with Gasteiger partial charge in [-0.1, -0.05) is 80.3 Å². The topological polar surface area (TPSA) is 56.7 Å². The van der Waals surface area contributed by atoms with Crippen molar-refractivity contribution in [2.75, 3.05) is 0 Å². The van der Waals surface area contributed by atoms with Gasteiger partial charge in [0.2, 0.25) is 0 Å². The number of benzene rings is 4. The molecule has 0 aliphatic heterocycles. The Kier molecular flexibility index (Phi) is 8.44. The minimum absolute atomic E-state index is 0. The predicted molar refractivity (Wildman–Crippen MR) is 178 cm³/mol. The van der Waals surface area contributed by atoms with E-state index in [0.717, 1.165) is 67.0 Å². The van der Waals surface area contributed by atoms with Crippen LogP contribution < -0.4 is 0 Å². The molecule has 1 radical (unpaired) electrons. The Balaban J connectivity index is 0.000000231. The molecule has 4 aromatic heterocycles. The van der Waals surface area contributed by atoms with Gasteiger partial charge in [-0.2, -0.15) is 0 Å². The van der Waals surface area contributed by atoms with Gasteiger partial charge < -0.3 is 14.0 Å². The van der Waals surface area contributed by atoms with E-state index in [-0.39, 0.29) is 25.5 Å². The van der Waals surface area contributed by atoms with E-state index in [0.29, 0.717) is 0 Å². The number of furan rings is 1. The Hall–Kier alpha value is -4.90. The van der Waals surface area contributed by atoms with Gasteiger partial charge in [-0.25, -0.2) is 0 Å². The molecule has 0 spiro atoms. The van der Waals surface area contributed by atoms with Crippen molar-refractivity contribution in [2.24, 2.45) is 0 Å². The molecule has 0 saturated heterocycles. The summed E-state index contributed by atoms with van der Waals surface area (Å²) >= 11 is 0. The Morgan fingerprint density at radius 1 is 0.733 bits per heavy atom. The van der Waals surface area contributed by atoms with Crippen LogP contribution in [-0.2, 0) is 25.5 Å². The Bertz CT molecular complexity index is 2160. The van der Waals surface area contributed by atoms with Crippen LogP contribution in [0.5, 0.6) is 0 Å². The number of nitrogens with zero attached hydrogens (tertiary/aromatic N) is 4. The number of para-hydroxylation sites is 2. The largest absolute Gasteiger partial charge is 0.501 e. The molecule has 0 saturated carbocycles. The second kappa shape index (κ2) is 12.6. The van der Waals surface area contributed by atoms with Crippen LogP contribution in [0.2, 0.25) is 0 Å². The average molecular weight is 763 g/mol. The van der Waals surface area contributed by atoms with E-state index in [1.165, 1.54) is 0 Å². The zero-order valence-corrected chi connectivity index (χ0v) is 27.5. The fourth-order valence-corrected chi connectivity index (χ4v) is 5.33. The maximum absolute atomic E-state index is 6.30. The molecule has 223 valence electrons. The van der Waals surface area contributed by atoms with Crippen LogP contribution in [0.25, 0.3) is 61.3 Å². The van der Waals surface area contributed by atoms with Gasteiger partial charge in [0, 0.05) is 48.5 Å². The third kappa shape index (κ3) is 5.95. The maximum Gasteiger partial charge on any atom is 0.120 e. The van der Waals surface area contributed by atoms with Gasteiger partial charge >= 0.3 is 0 Å². The minimum atomic E-state index is -0.0598. The smallest absolute Gasteiger partial charge is 0.120 e. The molecule has 8 rings (SSSR count). The predicted octanol–water partition coefficient (Wildman–Crippen LogP) is 9.63. The molecule has 4 heterocycles. The van der Waals surface area contributed by atoms with Crippen molar-refractivity contribution in [1.29, 1.82) is 0 Å². The average Bonchev–Trinajstić information content (AvgIpc) is 3.64. The molecule has 0 fully saturated rings. The molecular weight excluding hydrogens is 733 g/mol. The van der Waals surface area contributed by atoms with Gasteiger partial charge in [-0.15, -0.1) is 54.1 Å². The van der Waals surface area contributed by atoms with Crippen LogP contribution in [0.3, 0.4) is 0 Å². The molecule has 0 unspecified atom stereocenters. The van der Waals surface area contributed by atoms with Crippen molar-refractivity contribution >= 4 is 33.0 Å². The summed E-state index contributed by atoms with van der Waals surface area (Å²) in [6.45, 7) is 6.50. The van der Waals surface area contributed by atoms with E-state index < -0.39 is 0 Å². The number of rotatable bonds is 3. The number of aromatic nitrogens is 4. The van der Waals surface area contributed by atoms with Gasteiger partial charge in [-0.3, -0.25) is 9.97 Å². The van der Waals surface area contributed by atoms with Crippen LogP contribution in [0.4, 0.5) is 0 Å². The standard InChI is InChI=1S/C28H22N3O.C11H8N.Ir/c1-28(2,3)25-16-22-23(17-29-25)31(18-10-5-4-6-11-18)27(30-22)21-14-9-13-20-19-12-7-8-15-24(19)32-26(20)21;1-2-6-10(7-3-1)11-8-4-5-9-12-11;/h4-13,15-17H,1-3H3;1-6,8-9H;/q2*-1;. The fraction of sp³-hybridized carbons (Fsp3) is 0.103. The summed E-state index contributed by atoms with van der Waals surface area (Å²) < 4.78 is 8.45. The van der Waals surface area contributed by atoms with Crippen molar-refractivity contribution in [2.45, 2.75) is 26.2 Å². The Labute approximate surface area is 276 Å². The van der Waals surface area contributed by atoms with Crippen molar-refractivity contribution < 1.29 is 24.5 Å². The second-order valence-corrected chi connectivity index (χ2v) is 11.6. The number of hydrogen-bond acceptors (Lipinski definition) is 4. The number of hydrogen-bond donors (Lipinski definition) is 0. The van der Waals surface area contributed by atoms with Crippen LogP contribution in [-0.4, -0.2) is 19.5 Å². The third-order valence-electron chi connectivity index (χ3n) is 7.54. The number of fused-ring (bicyclic) bond motifs is 4. The zero-order valence-electron chi connectivity index (χ0n) is 25.2. The van der Waals surface area contributed by atoms with Crippen molar-refractivity contribution in [3.63, 3.8) is 0 Å². The summed E-state index contributed by atoms with van der Waals surface area (Å²) in [5, 5.41) is 2.16. The zero-order chi connectivity index (χ0) is 30.1. The molecule has 6 heteroatoms. The summed E-state index contributed by atoms with van der Waals surface area (Å²) in [6, 6.07) is 44.7. The maximum atomic E-state index is 6.30. The molecule has 0 atom stereocenters. The van der Waals surface area contributed by atoms with E-state index in [1.807, 2.05) is 91.1 Å². The second-order valence-electron chi connectivity index (χ2n) is 11.6. The monoisotopic (exact) mass is 763 g/mol. The molecule has 0 aliphatic carbocycles. The van der Waals surface area contributed by atoms with E-state index in [2.05, 4.69) is 72.8 Å². The molecule has 4 aromatic carbocycles. The van der Waals surface area contributed by atoms with Gasteiger partial charge in [0.25, 0.3) is 0 Å². The molecule has 8 aromatic rings. The van der Waals surface area contributed by atoms with Gasteiger partial charge in [0.05, 0.1) is 28.6 Å². The van der Waals surface area contributed by atoms with E-state index in [1.54, 1.807) is 6.20 Å². The van der Waals surface area contributed by atoms with Crippen LogP contribution >= 0.6 is 0 Å². The molecule has 0 N–H and O–H groups in total. The first-order valence-electron chi connectivity index (χ1n) is 14.6. The van der Waals surface area contributed by atoms with Crippen LogP contribution in [0.1, 0.15) is 26.5 Å². The summed E-state index contributed by atoms with van der Waals surface area (Å²) in [4.78, 5) is 14.1. The van der Waals surface area contributed by atoms with Crippen molar-refractivity contribution in [3.05, 3.63) is 145 Å². The molecular formula is C39H30IrN4O-2. The SMILES string of the molecule is CC(C)(C)c1cc2nc(-c3[c-]ccc4c3oc3ccccc34)n(-c3ccccc3)c2cn1.[Ir].[c-]1ccccc1-c1ccccn1. The Morgan fingerprint density at radius 2 is 1.51 bits per heavy atom. The Morgan fingerprint density at radius 3 is 2.27 bits per heavy atom. The molecule has 0 aliphatic rings. The number of imidazole rings is 1. The molecule has 5 nitrogen and oxygen atoms in total. The summed E-state index contributed by atoms with van der Waals surface area (Å²) in [5.41, 5.74) is 8.36. The van der Waals surface area contributed by atoms with E-state index >= 15 is 0 Å². The van der Waals surface area contributed by atoms with Crippen LogP contribution in [0.15, 0.2) is 132 Å². The summed E-state index contributed by atoms with van der Waals surface area (Å²) in [7, 11) is 0.